The fourth-order valence-electron chi connectivity index (χ4n) is 0.506. The van der Waals surface area contributed by atoms with Crippen molar-refractivity contribution < 1.29 is 14.9 Å². The number of rotatable bonds is 4. The van der Waals surface area contributed by atoms with E-state index in [9.17, 15) is 0 Å². The monoisotopic (exact) mass is 175 g/mol. The zero-order chi connectivity index (χ0) is 8.10. The lowest BCUT2D eigenvalue weighted by molar-refractivity contribution is 0.0547. The minimum absolute atomic E-state index is 0.110. The van der Waals surface area contributed by atoms with Gasteiger partial charge in [0.1, 0.15) is 12.7 Å². The van der Waals surface area contributed by atoms with Crippen molar-refractivity contribution in [1.29, 1.82) is 0 Å². The Morgan fingerprint density at radius 3 is 3.09 bits per heavy atom. The summed E-state index contributed by atoms with van der Waals surface area (Å²) < 4.78 is 5.04. The van der Waals surface area contributed by atoms with Crippen molar-refractivity contribution in [3.63, 3.8) is 0 Å². The van der Waals surface area contributed by atoms with Gasteiger partial charge in [0.15, 0.2) is 5.06 Å². The van der Waals surface area contributed by atoms with E-state index in [0.717, 1.165) is 0 Å². The number of aromatic nitrogens is 1. The van der Waals surface area contributed by atoms with Gasteiger partial charge in [-0.05, 0) is 0 Å². The number of nitrogens with zero attached hydrogens (tertiary/aromatic N) is 1. The highest BCUT2D eigenvalue weighted by Gasteiger charge is 2.02. The van der Waals surface area contributed by atoms with Gasteiger partial charge in [-0.3, -0.25) is 0 Å². The second-order valence-corrected chi connectivity index (χ2v) is 2.82. The normalized spacial score (nSPS) is 12.9. The Hall–Kier alpha value is -0.650. The Bertz CT molecular complexity index is 190. The first-order chi connectivity index (χ1) is 5.33. The molecule has 1 aromatic heterocycles. The maximum atomic E-state index is 8.87. The van der Waals surface area contributed by atoms with Gasteiger partial charge in [-0.15, -0.1) is 0 Å². The van der Waals surface area contributed by atoms with E-state index in [0.29, 0.717) is 5.06 Å². The third kappa shape index (κ3) is 2.83. The molecule has 1 aromatic rings. The molecule has 0 aliphatic carbocycles. The summed E-state index contributed by atoms with van der Waals surface area (Å²) >= 11 is 1.35. The molecule has 1 heterocycles. The fourth-order valence-corrected chi connectivity index (χ4v) is 0.990. The number of aliphatic hydroxyl groups is 2. The van der Waals surface area contributed by atoms with Gasteiger partial charge in [0.05, 0.1) is 18.3 Å². The summed E-state index contributed by atoms with van der Waals surface area (Å²) in [5.74, 6) is 0. The molecule has 0 aliphatic rings. The van der Waals surface area contributed by atoms with E-state index in [2.05, 4.69) is 4.98 Å². The molecule has 11 heavy (non-hydrogen) atoms. The van der Waals surface area contributed by atoms with E-state index >= 15 is 0 Å². The number of thiazole rings is 1. The highest BCUT2D eigenvalue weighted by Crippen LogP contribution is 2.15. The molecule has 62 valence electrons. The van der Waals surface area contributed by atoms with Gasteiger partial charge in [-0.2, -0.15) is 0 Å². The predicted molar refractivity (Wildman–Crippen MR) is 40.7 cm³/mol. The number of hydrogen-bond acceptors (Lipinski definition) is 5. The first-order valence-corrected chi connectivity index (χ1v) is 4.01. The second kappa shape index (κ2) is 4.27. The SMILES string of the molecule is OCC(O)COc1cncs1. The highest BCUT2D eigenvalue weighted by atomic mass is 32.1. The van der Waals surface area contributed by atoms with Crippen molar-refractivity contribution in [2.45, 2.75) is 6.10 Å². The van der Waals surface area contributed by atoms with Crippen LogP contribution in [-0.2, 0) is 0 Å². The molecule has 0 amide bonds. The molecule has 0 saturated heterocycles. The van der Waals surface area contributed by atoms with Crippen LogP contribution in [0.25, 0.3) is 0 Å². The van der Waals surface area contributed by atoms with Crippen molar-refractivity contribution in [2.24, 2.45) is 0 Å². The van der Waals surface area contributed by atoms with Crippen LogP contribution in [0.5, 0.6) is 5.06 Å². The Morgan fingerprint density at radius 2 is 2.55 bits per heavy atom. The number of hydrogen-bond donors (Lipinski definition) is 2. The summed E-state index contributed by atoms with van der Waals surface area (Å²) in [4.78, 5) is 3.78. The highest BCUT2D eigenvalue weighted by molar-refractivity contribution is 7.11. The van der Waals surface area contributed by atoms with Gasteiger partial charge in [0.2, 0.25) is 0 Å². The van der Waals surface area contributed by atoms with Crippen LogP contribution in [0.1, 0.15) is 0 Å². The third-order valence-corrected chi connectivity index (χ3v) is 1.72. The maximum Gasteiger partial charge on any atom is 0.193 e. The summed E-state index contributed by atoms with van der Waals surface area (Å²) in [5.41, 5.74) is 1.64. The minimum Gasteiger partial charge on any atom is -0.480 e. The van der Waals surface area contributed by atoms with Crippen LogP contribution in [0.3, 0.4) is 0 Å². The topological polar surface area (TPSA) is 62.6 Å². The summed E-state index contributed by atoms with van der Waals surface area (Å²) in [6, 6.07) is 0. The smallest absolute Gasteiger partial charge is 0.193 e. The fraction of sp³-hybridized carbons (Fsp3) is 0.500. The van der Waals surface area contributed by atoms with Gasteiger partial charge in [-0.25, -0.2) is 4.98 Å². The predicted octanol–water partition coefficient (Wildman–Crippen LogP) is -0.125. The lowest BCUT2D eigenvalue weighted by Crippen LogP contribution is -2.20. The van der Waals surface area contributed by atoms with Crippen LogP contribution in [0.15, 0.2) is 11.7 Å². The van der Waals surface area contributed by atoms with Crippen LogP contribution in [0.4, 0.5) is 0 Å². The van der Waals surface area contributed by atoms with E-state index in [1.807, 2.05) is 0 Å². The molecule has 1 unspecified atom stereocenters. The van der Waals surface area contributed by atoms with Crippen molar-refractivity contribution >= 4 is 11.3 Å². The molecule has 0 aromatic carbocycles. The number of aliphatic hydroxyl groups excluding tert-OH is 2. The summed E-state index contributed by atoms with van der Waals surface area (Å²) in [7, 11) is 0. The molecule has 0 spiro atoms. The zero-order valence-electron chi connectivity index (χ0n) is 5.80. The third-order valence-electron chi connectivity index (χ3n) is 1.04. The summed E-state index contributed by atoms with van der Waals surface area (Å²) in [5, 5.41) is 17.9. The van der Waals surface area contributed by atoms with Crippen molar-refractivity contribution in [1.82, 2.24) is 4.98 Å². The molecule has 0 fully saturated rings. The molecule has 4 nitrogen and oxygen atoms in total. The van der Waals surface area contributed by atoms with Gasteiger partial charge >= 0.3 is 0 Å². The van der Waals surface area contributed by atoms with Crippen molar-refractivity contribution in [2.75, 3.05) is 13.2 Å². The minimum atomic E-state index is -0.808. The van der Waals surface area contributed by atoms with Crippen molar-refractivity contribution in [3.8, 4) is 5.06 Å². The maximum absolute atomic E-state index is 8.87. The molecule has 2 N–H and O–H groups in total. The van der Waals surface area contributed by atoms with Crippen LogP contribution in [0.2, 0.25) is 0 Å². The Morgan fingerprint density at radius 1 is 1.73 bits per heavy atom. The standard InChI is InChI=1S/C6H9NO3S/c8-2-5(9)3-10-6-1-7-4-11-6/h1,4-5,8-9H,2-3H2. The van der Waals surface area contributed by atoms with Gasteiger partial charge in [0, 0.05) is 0 Å². The largest absolute Gasteiger partial charge is 0.480 e. The quantitative estimate of drug-likeness (QED) is 0.669. The Balaban J connectivity index is 2.23. The zero-order valence-corrected chi connectivity index (χ0v) is 6.62. The van der Waals surface area contributed by atoms with E-state index in [1.165, 1.54) is 11.3 Å². The van der Waals surface area contributed by atoms with Crippen LogP contribution in [-0.4, -0.2) is 34.5 Å². The van der Waals surface area contributed by atoms with Crippen molar-refractivity contribution in [3.05, 3.63) is 11.7 Å². The molecule has 0 radical (unpaired) electrons. The molecule has 0 saturated carbocycles. The lowest BCUT2D eigenvalue weighted by Gasteiger charge is -2.06. The van der Waals surface area contributed by atoms with E-state index < -0.39 is 6.10 Å². The van der Waals surface area contributed by atoms with Crippen LogP contribution < -0.4 is 4.74 Å². The van der Waals surface area contributed by atoms with Crippen LogP contribution in [0, 0.1) is 0 Å². The number of ether oxygens (including phenoxy) is 1. The first kappa shape index (κ1) is 8.45. The summed E-state index contributed by atoms with van der Waals surface area (Å²) in [6.45, 7) is -0.169. The molecular formula is C6H9NO3S. The van der Waals surface area contributed by atoms with Gasteiger partial charge in [0.25, 0.3) is 0 Å². The Kier molecular flexibility index (Phi) is 3.28. The molecule has 0 aliphatic heterocycles. The lowest BCUT2D eigenvalue weighted by atomic mass is 10.4. The average molecular weight is 175 g/mol. The second-order valence-electron chi connectivity index (χ2n) is 1.97. The van der Waals surface area contributed by atoms with Gasteiger partial charge < -0.3 is 14.9 Å². The molecule has 1 atom stereocenters. The van der Waals surface area contributed by atoms with E-state index in [4.69, 9.17) is 14.9 Å². The summed E-state index contributed by atoms with van der Waals surface area (Å²) in [6.07, 6.45) is 0.756. The van der Waals surface area contributed by atoms with Crippen LogP contribution >= 0.6 is 11.3 Å². The molecule has 5 heteroatoms. The molecule has 1 rings (SSSR count). The molecule has 0 bridgehead atoms. The Labute approximate surface area is 68.1 Å². The molecular weight excluding hydrogens is 166 g/mol. The van der Waals surface area contributed by atoms with Gasteiger partial charge in [-0.1, -0.05) is 11.3 Å². The average Bonchev–Trinajstić information content (AvgIpc) is 2.52. The van der Waals surface area contributed by atoms with E-state index in [-0.39, 0.29) is 13.2 Å². The first-order valence-electron chi connectivity index (χ1n) is 3.13. The van der Waals surface area contributed by atoms with E-state index in [1.54, 1.807) is 11.7 Å².